The number of esters is 1. The fourth-order valence-corrected chi connectivity index (χ4v) is 4.98. The number of anilines is 2. The average Bonchev–Trinajstić information content (AvgIpc) is 3.09. The summed E-state index contributed by atoms with van der Waals surface area (Å²) in [7, 11) is 4.61. The van der Waals surface area contributed by atoms with Gasteiger partial charge in [0, 0.05) is 32.0 Å². The van der Waals surface area contributed by atoms with Crippen LogP contribution in [0.4, 0.5) is 11.8 Å². The predicted molar refractivity (Wildman–Crippen MR) is 178 cm³/mol. The summed E-state index contributed by atoms with van der Waals surface area (Å²) in [4.78, 5) is 42.0. The normalized spacial score (nSPS) is 10.9. The Kier molecular flexibility index (Phi) is 10.4. The summed E-state index contributed by atoms with van der Waals surface area (Å²) in [5.74, 6) is 2.07. The van der Waals surface area contributed by atoms with E-state index in [1.165, 1.54) is 13.3 Å². The topological polar surface area (TPSA) is 121 Å². The summed E-state index contributed by atoms with van der Waals surface area (Å²) in [6.07, 6.45) is 5.06. The molecule has 0 atom stereocenters. The first kappa shape index (κ1) is 32.0. The molecular weight excluding hydrogens is 584 g/mol. The van der Waals surface area contributed by atoms with Gasteiger partial charge in [-0.25, -0.2) is 9.78 Å². The highest BCUT2D eigenvalue weighted by molar-refractivity contribution is 5.89. The van der Waals surface area contributed by atoms with Crippen LogP contribution in [-0.2, 0) is 24.4 Å². The number of aromatic nitrogens is 4. The van der Waals surface area contributed by atoms with Crippen LogP contribution in [0.2, 0.25) is 0 Å². The van der Waals surface area contributed by atoms with Crippen LogP contribution in [-0.4, -0.2) is 53.4 Å². The number of carbonyl (C=O) groups excluding carboxylic acids is 1. The zero-order valence-corrected chi connectivity index (χ0v) is 26.5. The number of benzene rings is 2. The highest BCUT2D eigenvalue weighted by Gasteiger charge is 2.19. The van der Waals surface area contributed by atoms with Crippen LogP contribution in [0, 0.1) is 0 Å². The van der Waals surface area contributed by atoms with Crippen molar-refractivity contribution < 1.29 is 19.0 Å². The Hall–Kier alpha value is -5.45. The molecule has 0 saturated carbocycles. The number of ether oxygens (including phenoxy) is 3. The van der Waals surface area contributed by atoms with Gasteiger partial charge in [0.1, 0.15) is 22.7 Å². The van der Waals surface area contributed by atoms with Crippen LogP contribution in [0.15, 0.2) is 83.9 Å². The van der Waals surface area contributed by atoms with Gasteiger partial charge >= 0.3 is 5.97 Å². The second-order valence-corrected chi connectivity index (χ2v) is 10.7. The highest BCUT2D eigenvalue weighted by atomic mass is 16.5. The molecule has 0 radical (unpaired) electrons. The molecule has 0 unspecified atom stereocenters. The van der Waals surface area contributed by atoms with E-state index in [0.717, 1.165) is 35.5 Å². The summed E-state index contributed by atoms with van der Waals surface area (Å²) in [6, 6.07) is 21.0. The lowest BCUT2D eigenvalue weighted by Gasteiger charge is -2.24. The number of nitrogens with one attached hydrogen (secondary N) is 1. The number of rotatable bonds is 14. The summed E-state index contributed by atoms with van der Waals surface area (Å²) in [5, 5.41) is 3.81. The van der Waals surface area contributed by atoms with E-state index >= 15 is 0 Å². The maximum atomic E-state index is 13.9. The van der Waals surface area contributed by atoms with E-state index < -0.39 is 5.97 Å². The highest BCUT2D eigenvalue weighted by Crippen LogP contribution is 2.25. The van der Waals surface area contributed by atoms with Gasteiger partial charge in [-0.05, 0) is 60.0 Å². The van der Waals surface area contributed by atoms with Crippen LogP contribution < -0.4 is 25.2 Å². The molecule has 0 aliphatic heterocycles. The molecule has 11 nitrogen and oxygen atoms in total. The van der Waals surface area contributed by atoms with E-state index in [-0.39, 0.29) is 12.1 Å². The molecule has 0 saturated heterocycles. The van der Waals surface area contributed by atoms with Crippen molar-refractivity contribution in [2.24, 2.45) is 0 Å². The van der Waals surface area contributed by atoms with Crippen molar-refractivity contribution in [1.29, 1.82) is 0 Å². The molecule has 5 rings (SSSR count). The molecule has 0 aliphatic carbocycles. The fourth-order valence-electron chi connectivity index (χ4n) is 4.98. The van der Waals surface area contributed by atoms with E-state index in [2.05, 4.69) is 22.1 Å². The molecule has 0 spiro atoms. The summed E-state index contributed by atoms with van der Waals surface area (Å²) in [5.41, 5.74) is 3.37. The molecule has 11 heteroatoms. The molecule has 1 N–H and O–H groups in total. The Labute approximate surface area is 267 Å². The van der Waals surface area contributed by atoms with Crippen molar-refractivity contribution in [3.8, 4) is 11.5 Å². The maximum absolute atomic E-state index is 13.9. The quantitative estimate of drug-likeness (QED) is 0.126. The van der Waals surface area contributed by atoms with E-state index in [4.69, 9.17) is 24.2 Å². The fraction of sp³-hybridized carbons (Fsp3) is 0.286. The number of pyridine rings is 2. The lowest BCUT2D eigenvalue weighted by atomic mass is 10.1. The van der Waals surface area contributed by atoms with Crippen molar-refractivity contribution in [2.75, 3.05) is 38.1 Å². The van der Waals surface area contributed by atoms with Crippen molar-refractivity contribution in [2.45, 2.75) is 39.4 Å². The number of unbranched alkanes of at least 4 members (excludes halogenated alkanes) is 1. The molecule has 46 heavy (non-hydrogen) atoms. The Morgan fingerprint density at radius 3 is 2.07 bits per heavy atom. The number of fused-ring (bicyclic) bond motifs is 1. The van der Waals surface area contributed by atoms with Crippen molar-refractivity contribution in [3.63, 3.8) is 0 Å². The third-order valence-electron chi connectivity index (χ3n) is 7.56. The number of carbonyl (C=O) groups is 1. The lowest BCUT2D eigenvalue weighted by Crippen LogP contribution is -2.27. The van der Waals surface area contributed by atoms with Crippen LogP contribution in [0.25, 0.3) is 10.9 Å². The Morgan fingerprint density at radius 1 is 0.870 bits per heavy atom. The third kappa shape index (κ3) is 7.60. The van der Waals surface area contributed by atoms with Crippen LogP contribution in [0.5, 0.6) is 11.5 Å². The van der Waals surface area contributed by atoms with Gasteiger partial charge in [0.05, 0.1) is 44.6 Å². The van der Waals surface area contributed by atoms with Gasteiger partial charge in [-0.15, -0.1) is 0 Å². The summed E-state index contributed by atoms with van der Waals surface area (Å²) in [6.45, 7) is 4.04. The van der Waals surface area contributed by atoms with Gasteiger partial charge < -0.3 is 29.0 Å². The molecule has 3 heterocycles. The number of methoxy groups -OCH3 is 3. The SMILES string of the molecule is CCCCNc1nc(N(Cc2ccc(OC)cc2)Cc2ccc(OC)cc2)nc2ccn(Cc3ccc(C(=O)OC)cn3)c(=O)c12. The van der Waals surface area contributed by atoms with E-state index in [1.807, 2.05) is 54.6 Å². The molecule has 0 bridgehead atoms. The van der Waals surface area contributed by atoms with E-state index in [0.29, 0.717) is 53.6 Å². The minimum atomic E-state index is -0.467. The maximum Gasteiger partial charge on any atom is 0.339 e. The van der Waals surface area contributed by atoms with E-state index in [1.54, 1.807) is 37.1 Å². The monoisotopic (exact) mass is 622 g/mol. The van der Waals surface area contributed by atoms with Crippen molar-refractivity contribution >= 4 is 28.6 Å². The second kappa shape index (κ2) is 15.0. The van der Waals surface area contributed by atoms with Crippen molar-refractivity contribution in [3.05, 3.63) is 112 Å². The number of nitrogens with zero attached hydrogens (tertiary/aromatic N) is 5. The Bertz CT molecular complexity index is 1770. The molecule has 0 amide bonds. The van der Waals surface area contributed by atoms with Crippen molar-refractivity contribution in [1.82, 2.24) is 19.5 Å². The molecule has 0 fully saturated rings. The first-order valence-electron chi connectivity index (χ1n) is 15.1. The third-order valence-corrected chi connectivity index (χ3v) is 7.56. The second-order valence-electron chi connectivity index (χ2n) is 10.7. The van der Waals surface area contributed by atoms with Crippen LogP contribution >= 0.6 is 0 Å². The zero-order valence-electron chi connectivity index (χ0n) is 26.5. The van der Waals surface area contributed by atoms with Gasteiger partial charge in [-0.1, -0.05) is 37.6 Å². The summed E-state index contributed by atoms with van der Waals surface area (Å²) >= 11 is 0. The van der Waals surface area contributed by atoms with Crippen LogP contribution in [0.3, 0.4) is 0 Å². The number of hydrogen-bond donors (Lipinski definition) is 1. The van der Waals surface area contributed by atoms with Gasteiger partial charge in [0.2, 0.25) is 5.95 Å². The molecule has 3 aromatic heterocycles. The minimum Gasteiger partial charge on any atom is -0.497 e. The molecule has 5 aromatic rings. The molecule has 0 aliphatic rings. The van der Waals surface area contributed by atoms with Gasteiger partial charge in [-0.2, -0.15) is 4.98 Å². The zero-order chi connectivity index (χ0) is 32.5. The molecule has 238 valence electrons. The number of hydrogen-bond acceptors (Lipinski definition) is 10. The van der Waals surface area contributed by atoms with Gasteiger partial charge in [0.25, 0.3) is 5.56 Å². The Balaban J connectivity index is 1.54. The minimum absolute atomic E-state index is 0.216. The standard InChI is InChI=1S/C35H38N6O5/c1-5-6-18-36-32-31-30(17-19-40(33(31)42)23-27-12-11-26(20-37-27)34(43)46-4)38-35(39-32)41(21-24-7-13-28(44-2)14-8-24)22-25-9-15-29(45-3)16-10-25/h7-17,19-20H,5-6,18,21-23H2,1-4H3,(H,36,38,39). The lowest BCUT2D eigenvalue weighted by molar-refractivity contribution is 0.0600. The first-order valence-corrected chi connectivity index (χ1v) is 15.1. The van der Waals surface area contributed by atoms with Gasteiger partial charge in [0.15, 0.2) is 0 Å². The molecule has 2 aromatic carbocycles. The predicted octanol–water partition coefficient (Wildman–Crippen LogP) is 5.46. The largest absolute Gasteiger partial charge is 0.497 e. The average molecular weight is 623 g/mol. The first-order chi connectivity index (χ1) is 22.4. The Morgan fingerprint density at radius 2 is 1.52 bits per heavy atom. The smallest absolute Gasteiger partial charge is 0.339 e. The van der Waals surface area contributed by atoms with Gasteiger partial charge in [-0.3, -0.25) is 9.78 Å². The molecular formula is C35H38N6O5. The van der Waals surface area contributed by atoms with E-state index in [9.17, 15) is 9.59 Å². The van der Waals surface area contributed by atoms with Crippen LogP contribution in [0.1, 0.15) is 46.9 Å². The summed E-state index contributed by atoms with van der Waals surface area (Å²) < 4.78 is 17.0.